The lowest BCUT2D eigenvalue weighted by Gasteiger charge is -2.05. The van der Waals surface area contributed by atoms with Gasteiger partial charge in [-0.15, -0.1) is 0 Å². The zero-order chi connectivity index (χ0) is 18.4. The maximum absolute atomic E-state index is 11.9. The van der Waals surface area contributed by atoms with Crippen molar-refractivity contribution in [3.05, 3.63) is 58.7 Å². The Morgan fingerprint density at radius 1 is 1.20 bits per heavy atom. The van der Waals surface area contributed by atoms with Gasteiger partial charge < -0.3 is 9.72 Å². The first-order chi connectivity index (χ1) is 12.1. The number of H-pyrrole nitrogens is 1. The van der Waals surface area contributed by atoms with Gasteiger partial charge in [-0.25, -0.2) is 4.79 Å². The van der Waals surface area contributed by atoms with E-state index in [9.17, 15) is 4.79 Å². The zero-order valence-corrected chi connectivity index (χ0v) is 16.4. The molecule has 5 heteroatoms. The number of fused-ring (bicyclic) bond motifs is 1. The molecule has 0 fully saturated rings. The van der Waals surface area contributed by atoms with Crippen LogP contribution in [0.1, 0.15) is 36.8 Å². The minimum atomic E-state index is -0.294. The average Bonchev–Trinajstić information content (AvgIpc) is 2.92. The SMILES string of the molecule is CC.CCOC(=O)c1cccc(Sc2c(C)[nH]c3cc(Cl)ccc23)c1. The summed E-state index contributed by atoms with van der Waals surface area (Å²) in [5.74, 6) is -0.294. The lowest BCUT2D eigenvalue weighted by atomic mass is 10.2. The van der Waals surface area contributed by atoms with Crippen molar-refractivity contribution >= 4 is 40.2 Å². The second kappa shape index (κ2) is 8.97. The van der Waals surface area contributed by atoms with Gasteiger partial charge in [0.05, 0.1) is 12.2 Å². The molecule has 0 aliphatic carbocycles. The van der Waals surface area contributed by atoms with Crippen LogP contribution in [0.15, 0.2) is 52.3 Å². The highest BCUT2D eigenvalue weighted by atomic mass is 35.5. The highest BCUT2D eigenvalue weighted by molar-refractivity contribution is 7.99. The van der Waals surface area contributed by atoms with Crippen LogP contribution < -0.4 is 0 Å². The van der Waals surface area contributed by atoms with Crippen molar-refractivity contribution in [3.63, 3.8) is 0 Å². The van der Waals surface area contributed by atoms with Crippen LogP contribution in [0.5, 0.6) is 0 Å². The molecule has 2 aromatic carbocycles. The standard InChI is InChI=1S/C18H16ClNO2S.C2H6/c1-3-22-18(21)12-5-4-6-14(9-12)23-17-11(2)20-16-10-13(19)7-8-15(16)17;1-2/h4-10,20H,3H2,1-2H3;1-2H3. The second-order valence-electron chi connectivity index (χ2n) is 5.12. The van der Waals surface area contributed by atoms with E-state index in [1.165, 1.54) is 0 Å². The minimum absolute atomic E-state index is 0.294. The second-order valence-corrected chi connectivity index (χ2v) is 6.64. The van der Waals surface area contributed by atoms with Crippen molar-refractivity contribution in [1.29, 1.82) is 0 Å². The van der Waals surface area contributed by atoms with Gasteiger partial charge in [-0.1, -0.05) is 49.3 Å². The fourth-order valence-corrected chi connectivity index (χ4v) is 3.66. The van der Waals surface area contributed by atoms with Crippen LogP contribution >= 0.6 is 23.4 Å². The van der Waals surface area contributed by atoms with Gasteiger partial charge in [0.25, 0.3) is 0 Å². The highest BCUT2D eigenvalue weighted by Gasteiger charge is 2.12. The predicted molar refractivity (Wildman–Crippen MR) is 106 cm³/mol. The van der Waals surface area contributed by atoms with Crippen molar-refractivity contribution in [1.82, 2.24) is 4.98 Å². The third-order valence-electron chi connectivity index (χ3n) is 3.45. The largest absolute Gasteiger partial charge is 0.462 e. The molecular weight excluding hydrogens is 354 g/mol. The molecule has 3 nitrogen and oxygen atoms in total. The number of aromatic nitrogens is 1. The van der Waals surface area contributed by atoms with E-state index in [1.54, 1.807) is 24.8 Å². The number of carbonyl (C=O) groups is 1. The summed E-state index contributed by atoms with van der Waals surface area (Å²) in [7, 11) is 0. The smallest absolute Gasteiger partial charge is 0.338 e. The van der Waals surface area contributed by atoms with E-state index < -0.39 is 0 Å². The van der Waals surface area contributed by atoms with Crippen LogP contribution in [0, 0.1) is 6.92 Å². The van der Waals surface area contributed by atoms with Crippen molar-refractivity contribution in [2.45, 2.75) is 37.5 Å². The number of nitrogens with one attached hydrogen (secondary N) is 1. The van der Waals surface area contributed by atoms with Gasteiger partial charge in [0.1, 0.15) is 0 Å². The van der Waals surface area contributed by atoms with Crippen LogP contribution in [-0.4, -0.2) is 17.6 Å². The number of rotatable bonds is 4. The Kier molecular flexibility index (Phi) is 6.97. The molecule has 0 spiro atoms. The van der Waals surface area contributed by atoms with Gasteiger partial charge in [-0.05, 0) is 44.2 Å². The van der Waals surface area contributed by atoms with E-state index in [2.05, 4.69) is 4.98 Å². The van der Waals surface area contributed by atoms with E-state index in [0.29, 0.717) is 17.2 Å². The number of halogens is 1. The molecule has 0 radical (unpaired) electrons. The third kappa shape index (κ3) is 4.59. The molecule has 25 heavy (non-hydrogen) atoms. The Labute approximate surface area is 157 Å². The fraction of sp³-hybridized carbons (Fsp3) is 0.250. The van der Waals surface area contributed by atoms with E-state index in [4.69, 9.17) is 16.3 Å². The maximum atomic E-state index is 11.9. The molecular formula is C20H22ClNO2S. The van der Waals surface area contributed by atoms with E-state index in [-0.39, 0.29) is 5.97 Å². The first-order valence-electron chi connectivity index (χ1n) is 8.31. The van der Waals surface area contributed by atoms with E-state index in [0.717, 1.165) is 26.4 Å². The van der Waals surface area contributed by atoms with Crippen LogP contribution in [0.3, 0.4) is 0 Å². The normalized spacial score (nSPS) is 10.3. The lowest BCUT2D eigenvalue weighted by molar-refractivity contribution is 0.0526. The summed E-state index contributed by atoms with van der Waals surface area (Å²) in [6.45, 7) is 8.21. The zero-order valence-electron chi connectivity index (χ0n) is 14.9. The predicted octanol–water partition coefficient (Wildman–Crippen LogP) is 6.48. The van der Waals surface area contributed by atoms with Crippen molar-refractivity contribution < 1.29 is 9.53 Å². The first kappa shape index (κ1) is 19.4. The van der Waals surface area contributed by atoms with Crippen molar-refractivity contribution in [3.8, 4) is 0 Å². The molecule has 1 N–H and O–H groups in total. The molecule has 0 saturated heterocycles. The molecule has 0 bridgehead atoms. The number of carbonyl (C=O) groups excluding carboxylic acids is 1. The van der Waals surface area contributed by atoms with Crippen LogP contribution in [-0.2, 0) is 4.74 Å². The number of hydrogen-bond acceptors (Lipinski definition) is 3. The Bertz CT molecular complexity index is 873. The van der Waals surface area contributed by atoms with Gasteiger partial charge in [0, 0.05) is 31.4 Å². The maximum Gasteiger partial charge on any atom is 0.338 e. The molecule has 0 saturated carbocycles. The Morgan fingerprint density at radius 3 is 2.68 bits per heavy atom. The molecule has 0 aliphatic heterocycles. The number of aromatic amines is 1. The summed E-state index contributed by atoms with van der Waals surface area (Å²) in [4.78, 5) is 17.3. The van der Waals surface area contributed by atoms with E-state index in [1.807, 2.05) is 57.2 Å². The molecule has 0 unspecified atom stereocenters. The molecule has 3 rings (SSSR count). The van der Waals surface area contributed by atoms with Crippen LogP contribution in [0.4, 0.5) is 0 Å². The molecule has 132 valence electrons. The Hall–Kier alpha value is -1.91. The lowest BCUT2D eigenvalue weighted by Crippen LogP contribution is -2.04. The summed E-state index contributed by atoms with van der Waals surface area (Å²) in [5, 5.41) is 1.83. The summed E-state index contributed by atoms with van der Waals surface area (Å²) >= 11 is 7.67. The quantitative estimate of drug-likeness (QED) is 0.530. The van der Waals surface area contributed by atoms with Crippen LogP contribution in [0.25, 0.3) is 10.9 Å². The number of ether oxygens (including phenoxy) is 1. The molecule has 1 aromatic heterocycles. The minimum Gasteiger partial charge on any atom is -0.462 e. The topological polar surface area (TPSA) is 42.1 Å². The van der Waals surface area contributed by atoms with Gasteiger partial charge in [-0.3, -0.25) is 0 Å². The molecule has 3 aromatic rings. The molecule has 0 aliphatic rings. The number of aryl methyl sites for hydroxylation is 1. The summed E-state index contributed by atoms with van der Waals surface area (Å²) < 4.78 is 5.06. The Morgan fingerprint density at radius 2 is 1.96 bits per heavy atom. The van der Waals surface area contributed by atoms with E-state index >= 15 is 0 Å². The van der Waals surface area contributed by atoms with Crippen molar-refractivity contribution in [2.75, 3.05) is 6.61 Å². The molecule has 1 heterocycles. The number of benzene rings is 2. The fourth-order valence-electron chi connectivity index (χ4n) is 2.43. The summed E-state index contributed by atoms with van der Waals surface area (Å²) in [6.07, 6.45) is 0. The third-order valence-corrected chi connectivity index (χ3v) is 4.91. The summed E-state index contributed by atoms with van der Waals surface area (Å²) in [5.41, 5.74) is 2.66. The molecule has 0 amide bonds. The molecule has 0 atom stereocenters. The Balaban J connectivity index is 0.00000109. The van der Waals surface area contributed by atoms with Gasteiger partial charge >= 0.3 is 5.97 Å². The summed E-state index contributed by atoms with van der Waals surface area (Å²) in [6, 6.07) is 13.3. The van der Waals surface area contributed by atoms with Gasteiger partial charge in [0.15, 0.2) is 0 Å². The number of hydrogen-bond donors (Lipinski definition) is 1. The average molecular weight is 376 g/mol. The first-order valence-corrected chi connectivity index (χ1v) is 9.51. The highest BCUT2D eigenvalue weighted by Crippen LogP contribution is 2.37. The van der Waals surface area contributed by atoms with Gasteiger partial charge in [-0.2, -0.15) is 0 Å². The van der Waals surface area contributed by atoms with Gasteiger partial charge in [0.2, 0.25) is 0 Å². The van der Waals surface area contributed by atoms with Crippen molar-refractivity contribution in [2.24, 2.45) is 0 Å². The van der Waals surface area contributed by atoms with Crippen LogP contribution in [0.2, 0.25) is 5.02 Å². The monoisotopic (exact) mass is 375 g/mol. The number of esters is 1.